The summed E-state index contributed by atoms with van der Waals surface area (Å²) in [6, 6.07) is 0.637. The van der Waals surface area contributed by atoms with Gasteiger partial charge in [-0.25, -0.2) is 0 Å². The van der Waals surface area contributed by atoms with Crippen LogP contribution in [0.3, 0.4) is 0 Å². The quantitative estimate of drug-likeness (QED) is 0.774. The number of aliphatic hydroxyl groups is 1. The molecule has 0 aromatic heterocycles. The molecule has 0 amide bonds. The highest BCUT2D eigenvalue weighted by molar-refractivity contribution is 4.78. The number of hydrogen-bond acceptors (Lipinski definition) is 2. The predicted octanol–water partition coefficient (Wildman–Crippen LogP) is 2.95. The zero-order valence-corrected chi connectivity index (χ0v) is 11.4. The molecule has 0 spiro atoms. The van der Waals surface area contributed by atoms with E-state index in [1.165, 1.54) is 25.7 Å². The maximum Gasteiger partial charge on any atom is 0.0669 e. The third kappa shape index (κ3) is 5.86. The summed E-state index contributed by atoms with van der Waals surface area (Å²) in [6.45, 7) is 9.63. The number of hydrogen-bond donors (Lipinski definition) is 2. The van der Waals surface area contributed by atoms with Crippen molar-refractivity contribution in [3.63, 3.8) is 0 Å². The van der Waals surface area contributed by atoms with Crippen LogP contribution in [0.4, 0.5) is 0 Å². The van der Waals surface area contributed by atoms with Crippen molar-refractivity contribution in [3.05, 3.63) is 0 Å². The van der Waals surface area contributed by atoms with Gasteiger partial charge in [-0.1, -0.05) is 40.5 Å². The van der Waals surface area contributed by atoms with E-state index in [-0.39, 0.29) is 11.5 Å². The van der Waals surface area contributed by atoms with E-state index in [4.69, 9.17) is 0 Å². The van der Waals surface area contributed by atoms with Gasteiger partial charge in [0.25, 0.3) is 0 Å². The highest BCUT2D eigenvalue weighted by atomic mass is 16.3. The molecule has 0 aromatic carbocycles. The Bertz CT molecular complexity index is 197. The first-order valence-corrected chi connectivity index (χ1v) is 6.78. The molecule has 3 unspecified atom stereocenters. The van der Waals surface area contributed by atoms with Gasteiger partial charge in [-0.15, -0.1) is 0 Å². The van der Waals surface area contributed by atoms with Gasteiger partial charge in [0.1, 0.15) is 0 Å². The molecule has 0 radical (unpaired) electrons. The van der Waals surface area contributed by atoms with Crippen molar-refractivity contribution in [1.82, 2.24) is 5.32 Å². The summed E-state index contributed by atoms with van der Waals surface area (Å²) >= 11 is 0. The lowest BCUT2D eigenvalue weighted by Gasteiger charge is -2.29. The van der Waals surface area contributed by atoms with Gasteiger partial charge in [-0.3, -0.25) is 0 Å². The molecule has 2 nitrogen and oxygen atoms in total. The van der Waals surface area contributed by atoms with E-state index < -0.39 is 0 Å². The summed E-state index contributed by atoms with van der Waals surface area (Å²) in [5.41, 5.74) is 0.223. The molecule has 0 aromatic rings. The Morgan fingerprint density at radius 1 is 1.31 bits per heavy atom. The molecule has 2 heteroatoms. The first-order valence-electron chi connectivity index (χ1n) is 6.78. The number of aliphatic hydroxyl groups excluding tert-OH is 1. The van der Waals surface area contributed by atoms with Crippen LogP contribution in [0.2, 0.25) is 0 Å². The first-order chi connectivity index (χ1) is 7.37. The van der Waals surface area contributed by atoms with Gasteiger partial charge in [0, 0.05) is 12.6 Å². The highest BCUT2D eigenvalue weighted by Gasteiger charge is 2.21. The average molecular weight is 227 g/mol. The Hall–Kier alpha value is -0.0800. The monoisotopic (exact) mass is 227 g/mol. The van der Waals surface area contributed by atoms with Crippen molar-refractivity contribution in [3.8, 4) is 0 Å². The van der Waals surface area contributed by atoms with E-state index in [9.17, 15) is 5.11 Å². The van der Waals surface area contributed by atoms with Crippen LogP contribution in [0, 0.1) is 11.3 Å². The minimum Gasteiger partial charge on any atom is -0.392 e. The molecule has 16 heavy (non-hydrogen) atoms. The van der Waals surface area contributed by atoms with Crippen LogP contribution in [0.15, 0.2) is 0 Å². The van der Waals surface area contributed by atoms with Gasteiger partial charge in [0.2, 0.25) is 0 Å². The van der Waals surface area contributed by atoms with Crippen molar-refractivity contribution in [2.24, 2.45) is 11.3 Å². The van der Waals surface area contributed by atoms with Crippen molar-refractivity contribution < 1.29 is 5.11 Å². The van der Waals surface area contributed by atoms with Crippen molar-refractivity contribution in [1.29, 1.82) is 0 Å². The fourth-order valence-electron chi connectivity index (χ4n) is 2.70. The van der Waals surface area contributed by atoms with Crippen molar-refractivity contribution >= 4 is 0 Å². The molecule has 0 heterocycles. The summed E-state index contributed by atoms with van der Waals surface area (Å²) in [6.07, 6.45) is 5.96. The Morgan fingerprint density at radius 2 is 2.00 bits per heavy atom. The summed E-state index contributed by atoms with van der Waals surface area (Å²) < 4.78 is 0. The highest BCUT2D eigenvalue weighted by Crippen LogP contribution is 2.24. The molecular weight excluding hydrogens is 198 g/mol. The Labute approximate surface area is 101 Å². The Kier molecular flexibility index (Phi) is 5.26. The van der Waals surface area contributed by atoms with Crippen LogP contribution in [0.1, 0.15) is 59.8 Å². The first kappa shape index (κ1) is 14.0. The second kappa shape index (κ2) is 6.02. The van der Waals surface area contributed by atoms with Crippen molar-refractivity contribution in [2.45, 2.75) is 71.9 Å². The minimum absolute atomic E-state index is 0.197. The van der Waals surface area contributed by atoms with Crippen LogP contribution in [-0.4, -0.2) is 23.8 Å². The van der Waals surface area contributed by atoms with Gasteiger partial charge in [0.05, 0.1) is 6.10 Å². The van der Waals surface area contributed by atoms with Gasteiger partial charge in [-0.05, 0) is 30.6 Å². The zero-order chi connectivity index (χ0) is 12.2. The molecular formula is C14H29NO. The van der Waals surface area contributed by atoms with Crippen LogP contribution in [-0.2, 0) is 0 Å². The smallest absolute Gasteiger partial charge is 0.0669 e. The molecule has 1 saturated carbocycles. The molecule has 1 fully saturated rings. The molecule has 1 aliphatic carbocycles. The number of nitrogens with one attached hydrogen (secondary N) is 1. The normalized spacial score (nSPS) is 29.1. The van der Waals surface area contributed by atoms with E-state index in [0.29, 0.717) is 6.04 Å². The molecule has 96 valence electrons. The maximum atomic E-state index is 9.92. The average Bonchev–Trinajstić information content (AvgIpc) is 2.12. The molecule has 1 aliphatic rings. The second-order valence-electron chi connectivity index (χ2n) is 6.80. The summed E-state index contributed by atoms with van der Waals surface area (Å²) in [5, 5.41) is 13.4. The maximum absolute atomic E-state index is 9.92. The second-order valence-corrected chi connectivity index (χ2v) is 6.80. The molecule has 0 aliphatic heterocycles. The summed E-state index contributed by atoms with van der Waals surface area (Å²) in [4.78, 5) is 0. The lowest BCUT2D eigenvalue weighted by molar-refractivity contribution is 0.113. The third-order valence-corrected chi connectivity index (χ3v) is 3.43. The lowest BCUT2D eigenvalue weighted by atomic mass is 9.86. The van der Waals surface area contributed by atoms with Crippen LogP contribution in [0.25, 0.3) is 0 Å². The molecule has 2 N–H and O–H groups in total. The molecule has 3 atom stereocenters. The lowest BCUT2D eigenvalue weighted by Crippen LogP contribution is -2.39. The number of rotatable bonds is 4. The van der Waals surface area contributed by atoms with Gasteiger partial charge in [0.15, 0.2) is 0 Å². The van der Waals surface area contributed by atoms with E-state index in [1.807, 2.05) is 0 Å². The standard InChI is InChI=1S/C14H29NO/c1-11-6-5-7-12(8-11)15-10-13(16)9-14(2,3)4/h11-13,15-16H,5-10H2,1-4H3. The van der Waals surface area contributed by atoms with Crippen molar-refractivity contribution in [2.75, 3.05) is 6.54 Å². The zero-order valence-electron chi connectivity index (χ0n) is 11.4. The third-order valence-electron chi connectivity index (χ3n) is 3.43. The topological polar surface area (TPSA) is 32.3 Å². The van der Waals surface area contributed by atoms with E-state index in [0.717, 1.165) is 18.9 Å². The Morgan fingerprint density at radius 3 is 2.56 bits per heavy atom. The SMILES string of the molecule is CC1CCCC(NCC(O)CC(C)(C)C)C1. The fraction of sp³-hybridized carbons (Fsp3) is 1.00. The van der Waals surface area contributed by atoms with Crippen LogP contribution < -0.4 is 5.32 Å². The minimum atomic E-state index is -0.197. The predicted molar refractivity (Wildman–Crippen MR) is 69.5 cm³/mol. The Balaban J connectivity index is 2.18. The summed E-state index contributed by atoms with van der Waals surface area (Å²) in [7, 11) is 0. The fourth-order valence-corrected chi connectivity index (χ4v) is 2.70. The van der Waals surface area contributed by atoms with Gasteiger partial charge in [-0.2, -0.15) is 0 Å². The van der Waals surface area contributed by atoms with E-state index in [1.54, 1.807) is 0 Å². The van der Waals surface area contributed by atoms with E-state index in [2.05, 4.69) is 33.0 Å². The molecule has 1 rings (SSSR count). The largest absolute Gasteiger partial charge is 0.392 e. The summed E-state index contributed by atoms with van der Waals surface area (Å²) in [5.74, 6) is 0.853. The van der Waals surface area contributed by atoms with Crippen LogP contribution in [0.5, 0.6) is 0 Å². The van der Waals surface area contributed by atoms with Gasteiger partial charge >= 0.3 is 0 Å². The molecule has 0 bridgehead atoms. The van der Waals surface area contributed by atoms with Gasteiger partial charge < -0.3 is 10.4 Å². The molecule has 0 saturated heterocycles. The van der Waals surface area contributed by atoms with Crippen LogP contribution >= 0.6 is 0 Å². The van der Waals surface area contributed by atoms with E-state index >= 15 is 0 Å².